The van der Waals surface area contributed by atoms with Crippen molar-refractivity contribution in [3.8, 4) is 22.4 Å². The zero-order valence-electron chi connectivity index (χ0n) is 13.9. The van der Waals surface area contributed by atoms with Gasteiger partial charge in [0.15, 0.2) is 5.69 Å². The van der Waals surface area contributed by atoms with Gasteiger partial charge in [0.1, 0.15) is 5.65 Å². The van der Waals surface area contributed by atoms with E-state index in [-0.39, 0.29) is 16.8 Å². The van der Waals surface area contributed by atoms with Crippen molar-refractivity contribution in [2.24, 2.45) is 0 Å². The first-order chi connectivity index (χ1) is 13.2. The van der Waals surface area contributed by atoms with Crippen LogP contribution in [0.2, 0.25) is 10.0 Å². The van der Waals surface area contributed by atoms with E-state index in [1.165, 1.54) is 30.3 Å². The Balaban J connectivity index is 2.05. The number of hydrogen-bond donors (Lipinski definition) is 1. The zero-order chi connectivity index (χ0) is 20.1. The molecule has 9 heteroatoms. The Morgan fingerprint density at radius 3 is 1.96 bits per heavy atom. The van der Waals surface area contributed by atoms with Crippen LogP contribution in [0.1, 0.15) is 5.69 Å². The monoisotopic (exact) mass is 423 g/mol. The van der Waals surface area contributed by atoms with Crippen LogP contribution in [0.25, 0.3) is 28.0 Å². The highest BCUT2D eigenvalue weighted by Crippen LogP contribution is 2.38. The molecule has 0 amide bonds. The maximum absolute atomic E-state index is 13.6. The van der Waals surface area contributed by atoms with Gasteiger partial charge < -0.3 is 4.98 Å². The van der Waals surface area contributed by atoms with E-state index in [0.717, 1.165) is 0 Å². The second-order valence-electron chi connectivity index (χ2n) is 6.02. The maximum Gasteiger partial charge on any atom is 0.435 e. The van der Waals surface area contributed by atoms with Gasteiger partial charge in [-0.05, 0) is 35.4 Å². The Bertz CT molecular complexity index is 1230. The van der Waals surface area contributed by atoms with E-state index in [0.29, 0.717) is 25.8 Å². The van der Waals surface area contributed by atoms with Gasteiger partial charge in [0, 0.05) is 16.1 Å². The van der Waals surface area contributed by atoms with Gasteiger partial charge in [-0.25, -0.2) is 0 Å². The fourth-order valence-electron chi connectivity index (χ4n) is 2.91. The van der Waals surface area contributed by atoms with Crippen LogP contribution in [0.4, 0.5) is 13.2 Å². The van der Waals surface area contributed by atoms with E-state index in [4.69, 9.17) is 23.2 Å². The molecular weight excluding hydrogens is 414 g/mol. The largest absolute Gasteiger partial charge is 0.435 e. The molecule has 0 spiro atoms. The second-order valence-corrected chi connectivity index (χ2v) is 6.89. The molecule has 0 aliphatic rings. The average Bonchev–Trinajstić information content (AvgIpc) is 3.03. The van der Waals surface area contributed by atoms with Crippen molar-refractivity contribution in [1.82, 2.24) is 14.6 Å². The van der Waals surface area contributed by atoms with Crippen molar-refractivity contribution in [1.29, 1.82) is 0 Å². The van der Waals surface area contributed by atoms with E-state index in [1.54, 1.807) is 24.3 Å². The molecule has 0 bridgehead atoms. The molecule has 0 fully saturated rings. The number of hydrogen-bond acceptors (Lipinski definition) is 2. The minimum Gasteiger partial charge on any atom is -0.339 e. The van der Waals surface area contributed by atoms with Gasteiger partial charge in [0.2, 0.25) is 0 Å². The Morgan fingerprint density at radius 1 is 0.893 bits per heavy atom. The van der Waals surface area contributed by atoms with Gasteiger partial charge in [0.25, 0.3) is 5.56 Å². The molecule has 0 saturated carbocycles. The van der Waals surface area contributed by atoms with Gasteiger partial charge in [-0.15, -0.1) is 0 Å². The number of rotatable bonds is 2. The minimum absolute atomic E-state index is 0.0629. The summed E-state index contributed by atoms with van der Waals surface area (Å²) < 4.78 is 41.6. The fourth-order valence-corrected chi connectivity index (χ4v) is 3.17. The first-order valence-corrected chi connectivity index (χ1v) is 8.75. The molecule has 1 N–H and O–H groups in total. The summed E-state index contributed by atoms with van der Waals surface area (Å²) in [6.07, 6.45) is -4.75. The van der Waals surface area contributed by atoms with Crippen molar-refractivity contribution >= 4 is 28.8 Å². The molecule has 2 aromatic heterocycles. The molecule has 2 heterocycles. The predicted octanol–water partition coefficient (Wildman–Crippen LogP) is 5.68. The molecular formula is C19H10Cl2F3N3O. The van der Waals surface area contributed by atoms with Gasteiger partial charge >= 0.3 is 6.18 Å². The lowest BCUT2D eigenvalue weighted by Crippen LogP contribution is -2.15. The summed E-state index contributed by atoms with van der Waals surface area (Å²) in [7, 11) is 0. The molecule has 28 heavy (non-hydrogen) atoms. The third-order valence-corrected chi connectivity index (χ3v) is 4.68. The molecule has 4 aromatic rings. The molecule has 0 saturated heterocycles. The fraction of sp³-hybridized carbons (Fsp3) is 0.0526. The van der Waals surface area contributed by atoms with Crippen LogP contribution in [0.5, 0.6) is 0 Å². The summed E-state index contributed by atoms with van der Waals surface area (Å²) in [5.41, 5.74) is -0.959. The summed E-state index contributed by atoms with van der Waals surface area (Å²) in [6, 6.07) is 13.6. The Hall–Kier alpha value is -2.77. The summed E-state index contributed by atoms with van der Waals surface area (Å²) in [4.78, 5) is 15.4. The van der Waals surface area contributed by atoms with Crippen molar-refractivity contribution in [3.63, 3.8) is 0 Å². The van der Waals surface area contributed by atoms with E-state index < -0.39 is 17.4 Å². The molecule has 0 atom stereocenters. The number of nitrogens with zero attached hydrogens (tertiary/aromatic N) is 2. The summed E-state index contributed by atoms with van der Waals surface area (Å²) in [5, 5.41) is 4.40. The second kappa shape index (κ2) is 6.68. The number of fused-ring (bicyclic) bond motifs is 1. The maximum atomic E-state index is 13.6. The Labute approximate surface area is 166 Å². The van der Waals surface area contributed by atoms with E-state index in [9.17, 15) is 18.0 Å². The van der Waals surface area contributed by atoms with E-state index >= 15 is 0 Å². The smallest absolute Gasteiger partial charge is 0.339 e. The summed E-state index contributed by atoms with van der Waals surface area (Å²) in [6.45, 7) is 0. The van der Waals surface area contributed by atoms with E-state index in [2.05, 4.69) is 10.1 Å². The lowest BCUT2D eigenvalue weighted by molar-refractivity contribution is -0.140. The van der Waals surface area contributed by atoms with Crippen molar-refractivity contribution < 1.29 is 13.2 Å². The number of halogens is 5. The van der Waals surface area contributed by atoms with Gasteiger partial charge in [-0.3, -0.25) is 4.79 Å². The molecule has 142 valence electrons. The number of nitrogens with one attached hydrogen (secondary N) is 1. The van der Waals surface area contributed by atoms with Gasteiger partial charge in [-0.1, -0.05) is 47.5 Å². The predicted molar refractivity (Wildman–Crippen MR) is 102 cm³/mol. The third kappa shape index (κ3) is 3.27. The van der Waals surface area contributed by atoms with Gasteiger partial charge in [0.05, 0.1) is 11.3 Å². The molecule has 4 nitrogen and oxygen atoms in total. The van der Waals surface area contributed by atoms with Crippen LogP contribution in [0, 0.1) is 0 Å². The van der Waals surface area contributed by atoms with Gasteiger partial charge in [-0.2, -0.15) is 22.8 Å². The number of benzene rings is 2. The number of aromatic nitrogens is 3. The molecule has 0 unspecified atom stereocenters. The number of aromatic amines is 1. The minimum atomic E-state index is -4.75. The van der Waals surface area contributed by atoms with Crippen LogP contribution >= 0.6 is 23.2 Å². The van der Waals surface area contributed by atoms with Crippen LogP contribution in [-0.2, 0) is 6.18 Å². The average molecular weight is 424 g/mol. The molecule has 2 aromatic carbocycles. The first-order valence-electron chi connectivity index (χ1n) is 7.99. The topological polar surface area (TPSA) is 50.2 Å². The third-order valence-electron chi connectivity index (χ3n) is 4.17. The standard InChI is InChI=1S/C19H10Cl2F3N3O/c20-12-5-1-10(2-6-12)14-9-15(28)27-18(25-14)16(17(26-27)19(22,23)24)11-3-7-13(21)8-4-11/h1-9,25H. The molecule has 0 aliphatic heterocycles. The quantitative estimate of drug-likeness (QED) is 0.450. The first kappa shape index (κ1) is 18.6. The SMILES string of the molecule is O=c1cc(-c2ccc(Cl)cc2)[nH]c2c(-c3ccc(Cl)cc3)c(C(F)(F)F)nn12. The summed E-state index contributed by atoms with van der Waals surface area (Å²) in [5.74, 6) is 0. The van der Waals surface area contributed by atoms with Crippen molar-refractivity contribution in [2.75, 3.05) is 0 Å². The lowest BCUT2D eigenvalue weighted by atomic mass is 10.1. The van der Waals surface area contributed by atoms with Crippen LogP contribution < -0.4 is 5.56 Å². The number of H-pyrrole nitrogens is 1. The molecule has 0 aliphatic carbocycles. The molecule has 4 rings (SSSR count). The lowest BCUT2D eigenvalue weighted by Gasteiger charge is -2.08. The van der Waals surface area contributed by atoms with Crippen molar-refractivity contribution in [3.05, 3.63) is 80.7 Å². The highest BCUT2D eigenvalue weighted by molar-refractivity contribution is 6.30. The van der Waals surface area contributed by atoms with Crippen molar-refractivity contribution in [2.45, 2.75) is 6.18 Å². The normalized spacial score (nSPS) is 11.9. The molecule has 0 radical (unpaired) electrons. The zero-order valence-corrected chi connectivity index (χ0v) is 15.4. The van der Waals surface area contributed by atoms with Crippen LogP contribution in [0.3, 0.4) is 0 Å². The van der Waals surface area contributed by atoms with Crippen LogP contribution in [0.15, 0.2) is 59.4 Å². The Kier molecular flexibility index (Phi) is 4.44. The van der Waals surface area contributed by atoms with E-state index in [1.807, 2.05) is 0 Å². The number of alkyl halides is 3. The highest BCUT2D eigenvalue weighted by atomic mass is 35.5. The summed E-state index contributed by atoms with van der Waals surface area (Å²) >= 11 is 11.7. The highest BCUT2D eigenvalue weighted by Gasteiger charge is 2.39. The Morgan fingerprint density at radius 2 is 1.43 bits per heavy atom. The van der Waals surface area contributed by atoms with Crippen LogP contribution in [-0.4, -0.2) is 14.6 Å².